The van der Waals surface area contributed by atoms with E-state index in [0.717, 1.165) is 19.0 Å². The topological polar surface area (TPSA) is 21.8 Å². The largest absolute Gasteiger partial charge is 0.493 e. The fourth-order valence-corrected chi connectivity index (χ4v) is 1.78. The summed E-state index contributed by atoms with van der Waals surface area (Å²) in [7, 11) is 0. The van der Waals surface area contributed by atoms with Gasteiger partial charge >= 0.3 is 0 Å². The van der Waals surface area contributed by atoms with Crippen molar-refractivity contribution in [2.24, 2.45) is 0 Å². The highest BCUT2D eigenvalue weighted by atomic mass is 16.6. The molecule has 2 heteroatoms. The maximum Gasteiger partial charge on any atom is 0.123 e. The van der Waals surface area contributed by atoms with Gasteiger partial charge in [-0.15, -0.1) is 0 Å². The zero-order valence-electron chi connectivity index (χ0n) is 6.69. The van der Waals surface area contributed by atoms with Gasteiger partial charge in [-0.05, 0) is 6.07 Å². The van der Waals surface area contributed by atoms with Gasteiger partial charge in [0.05, 0.1) is 25.2 Å². The molecule has 0 radical (unpaired) electrons. The number of epoxide rings is 1. The van der Waals surface area contributed by atoms with Gasteiger partial charge in [0.15, 0.2) is 0 Å². The van der Waals surface area contributed by atoms with Gasteiger partial charge in [-0.25, -0.2) is 0 Å². The van der Waals surface area contributed by atoms with Crippen molar-refractivity contribution >= 4 is 0 Å². The van der Waals surface area contributed by atoms with Crippen LogP contribution < -0.4 is 4.74 Å². The minimum atomic E-state index is 0.425. The van der Waals surface area contributed by atoms with Crippen molar-refractivity contribution in [2.75, 3.05) is 13.2 Å². The molecule has 1 fully saturated rings. The maximum absolute atomic E-state index is 5.53. The standard InChI is InChI=1S/C10H10O2/c1-2-4-9-7(3-1)8(5-11-9)10-6-12-10/h1-4,8,10H,5-6H2/t8-,10+/m1/s1. The Kier molecular flexibility index (Phi) is 1.21. The predicted molar refractivity (Wildman–Crippen MR) is 44.4 cm³/mol. The van der Waals surface area contributed by atoms with E-state index in [4.69, 9.17) is 9.47 Å². The minimum absolute atomic E-state index is 0.425. The molecular weight excluding hydrogens is 152 g/mol. The van der Waals surface area contributed by atoms with E-state index in [1.54, 1.807) is 0 Å². The third-order valence-electron chi connectivity index (χ3n) is 2.54. The molecule has 0 unspecified atom stereocenters. The highest BCUT2D eigenvalue weighted by Crippen LogP contribution is 2.40. The van der Waals surface area contributed by atoms with Crippen molar-refractivity contribution in [3.05, 3.63) is 29.8 Å². The molecule has 2 aliphatic rings. The van der Waals surface area contributed by atoms with Gasteiger partial charge in [0.2, 0.25) is 0 Å². The van der Waals surface area contributed by atoms with Crippen molar-refractivity contribution in [2.45, 2.75) is 12.0 Å². The van der Waals surface area contributed by atoms with Gasteiger partial charge in [0.1, 0.15) is 5.75 Å². The summed E-state index contributed by atoms with van der Waals surface area (Å²) >= 11 is 0. The van der Waals surface area contributed by atoms with E-state index in [1.165, 1.54) is 5.56 Å². The van der Waals surface area contributed by atoms with Crippen LogP contribution in [-0.4, -0.2) is 19.3 Å². The number of fused-ring (bicyclic) bond motifs is 1. The lowest BCUT2D eigenvalue weighted by molar-refractivity contribution is 0.293. The van der Waals surface area contributed by atoms with Crippen LogP contribution in [0, 0.1) is 0 Å². The lowest BCUT2D eigenvalue weighted by Gasteiger charge is -2.01. The summed E-state index contributed by atoms with van der Waals surface area (Å²) in [6, 6.07) is 8.23. The smallest absolute Gasteiger partial charge is 0.123 e. The van der Waals surface area contributed by atoms with Gasteiger partial charge in [-0.2, -0.15) is 0 Å². The highest BCUT2D eigenvalue weighted by Gasteiger charge is 2.38. The molecule has 3 rings (SSSR count). The molecule has 62 valence electrons. The second-order valence-corrected chi connectivity index (χ2v) is 3.33. The molecule has 1 aromatic carbocycles. The summed E-state index contributed by atoms with van der Waals surface area (Å²) in [6.07, 6.45) is 0.425. The first-order valence-corrected chi connectivity index (χ1v) is 4.28. The first kappa shape index (κ1) is 6.49. The number of para-hydroxylation sites is 1. The summed E-state index contributed by atoms with van der Waals surface area (Å²) in [5.41, 5.74) is 1.32. The zero-order chi connectivity index (χ0) is 7.97. The first-order valence-electron chi connectivity index (χ1n) is 4.28. The molecule has 2 heterocycles. The van der Waals surface area contributed by atoms with Gasteiger partial charge in [0.25, 0.3) is 0 Å². The van der Waals surface area contributed by atoms with Crippen LogP contribution in [-0.2, 0) is 4.74 Å². The Labute approximate surface area is 71.1 Å². The molecule has 2 nitrogen and oxygen atoms in total. The highest BCUT2D eigenvalue weighted by molar-refractivity contribution is 5.40. The Morgan fingerprint density at radius 2 is 2.00 bits per heavy atom. The summed E-state index contributed by atoms with van der Waals surface area (Å²) in [6.45, 7) is 1.70. The lowest BCUT2D eigenvalue weighted by atomic mass is 9.99. The predicted octanol–water partition coefficient (Wildman–Crippen LogP) is 1.56. The van der Waals surface area contributed by atoms with E-state index < -0.39 is 0 Å². The zero-order valence-corrected chi connectivity index (χ0v) is 6.69. The minimum Gasteiger partial charge on any atom is -0.493 e. The molecule has 0 saturated carbocycles. The van der Waals surface area contributed by atoms with Crippen LogP contribution in [0.25, 0.3) is 0 Å². The van der Waals surface area contributed by atoms with E-state index in [0.29, 0.717) is 12.0 Å². The summed E-state index contributed by atoms with van der Waals surface area (Å²) < 4.78 is 10.8. The number of hydrogen-bond acceptors (Lipinski definition) is 2. The van der Waals surface area contributed by atoms with Crippen LogP contribution in [0.5, 0.6) is 5.75 Å². The average molecular weight is 162 g/mol. The van der Waals surface area contributed by atoms with Crippen LogP contribution in [0.4, 0.5) is 0 Å². The van der Waals surface area contributed by atoms with Gasteiger partial charge in [-0.1, -0.05) is 18.2 Å². The molecule has 0 bridgehead atoms. The molecule has 0 amide bonds. The Morgan fingerprint density at radius 1 is 1.17 bits per heavy atom. The molecule has 0 N–H and O–H groups in total. The molecule has 1 aromatic rings. The molecular formula is C10H10O2. The Balaban J connectivity index is 2.01. The van der Waals surface area contributed by atoms with E-state index in [-0.39, 0.29) is 0 Å². The third kappa shape index (κ3) is 0.847. The molecule has 0 aromatic heterocycles. The molecule has 2 aliphatic heterocycles. The van der Waals surface area contributed by atoms with Crippen molar-refractivity contribution in [1.82, 2.24) is 0 Å². The van der Waals surface area contributed by atoms with Crippen LogP contribution >= 0.6 is 0 Å². The molecule has 0 aliphatic carbocycles. The fourth-order valence-electron chi connectivity index (χ4n) is 1.78. The van der Waals surface area contributed by atoms with Crippen molar-refractivity contribution in [3.63, 3.8) is 0 Å². The Bertz CT molecular complexity index is 304. The summed E-state index contributed by atoms with van der Waals surface area (Å²) in [5, 5.41) is 0. The van der Waals surface area contributed by atoms with E-state index >= 15 is 0 Å². The number of ether oxygens (including phenoxy) is 2. The Hall–Kier alpha value is -1.02. The Morgan fingerprint density at radius 3 is 2.83 bits per heavy atom. The SMILES string of the molecule is c1ccc2c(c1)OC[C@H]2[C@@H]1CO1. The van der Waals surface area contributed by atoms with Gasteiger partial charge in [0, 0.05) is 5.56 Å². The van der Waals surface area contributed by atoms with Crippen LogP contribution in [0.3, 0.4) is 0 Å². The van der Waals surface area contributed by atoms with E-state index in [2.05, 4.69) is 12.1 Å². The number of rotatable bonds is 1. The number of benzene rings is 1. The molecule has 1 saturated heterocycles. The van der Waals surface area contributed by atoms with Crippen molar-refractivity contribution in [3.8, 4) is 5.75 Å². The molecule has 12 heavy (non-hydrogen) atoms. The van der Waals surface area contributed by atoms with E-state index in [1.807, 2.05) is 12.1 Å². The third-order valence-corrected chi connectivity index (χ3v) is 2.54. The second-order valence-electron chi connectivity index (χ2n) is 3.33. The lowest BCUT2D eigenvalue weighted by Crippen LogP contribution is -2.07. The first-order chi connectivity index (χ1) is 5.95. The quantitative estimate of drug-likeness (QED) is 0.584. The van der Waals surface area contributed by atoms with Crippen LogP contribution in [0.1, 0.15) is 11.5 Å². The summed E-state index contributed by atoms with van der Waals surface area (Å²) in [5.74, 6) is 1.53. The van der Waals surface area contributed by atoms with Gasteiger partial charge in [-0.3, -0.25) is 0 Å². The summed E-state index contributed by atoms with van der Waals surface area (Å²) in [4.78, 5) is 0. The van der Waals surface area contributed by atoms with Crippen molar-refractivity contribution < 1.29 is 9.47 Å². The number of hydrogen-bond donors (Lipinski definition) is 0. The molecule has 2 atom stereocenters. The van der Waals surface area contributed by atoms with Gasteiger partial charge < -0.3 is 9.47 Å². The maximum atomic E-state index is 5.53. The average Bonchev–Trinajstić information content (AvgIpc) is 2.86. The molecule has 0 spiro atoms. The van der Waals surface area contributed by atoms with E-state index in [9.17, 15) is 0 Å². The normalized spacial score (nSPS) is 31.0. The van der Waals surface area contributed by atoms with Crippen molar-refractivity contribution in [1.29, 1.82) is 0 Å². The fraction of sp³-hybridized carbons (Fsp3) is 0.400. The second kappa shape index (κ2) is 2.23. The monoisotopic (exact) mass is 162 g/mol. The van der Waals surface area contributed by atoms with Crippen LogP contribution in [0.2, 0.25) is 0 Å². The van der Waals surface area contributed by atoms with Crippen LogP contribution in [0.15, 0.2) is 24.3 Å².